The van der Waals surface area contributed by atoms with Crippen LogP contribution in [0.5, 0.6) is 0 Å². The molecular formula is C16H11ClN2O2. The summed E-state index contributed by atoms with van der Waals surface area (Å²) in [7, 11) is 0. The molecule has 2 aromatic carbocycles. The number of para-hydroxylation sites is 1. The maximum atomic E-state index is 11.1. The van der Waals surface area contributed by atoms with Gasteiger partial charge in [0, 0.05) is 16.8 Å². The first-order chi connectivity index (χ1) is 10.1. The van der Waals surface area contributed by atoms with E-state index >= 15 is 0 Å². The number of aromatic carboxylic acids is 1. The van der Waals surface area contributed by atoms with Crippen LogP contribution in [0, 0.1) is 0 Å². The molecule has 21 heavy (non-hydrogen) atoms. The third-order valence-corrected chi connectivity index (χ3v) is 3.30. The molecule has 1 heterocycles. The van der Waals surface area contributed by atoms with Crippen LogP contribution < -0.4 is 0 Å². The van der Waals surface area contributed by atoms with Crippen LogP contribution >= 0.6 is 11.6 Å². The number of rotatable bonds is 3. The maximum Gasteiger partial charge on any atom is 0.335 e. The topological polar surface area (TPSA) is 55.1 Å². The Balaban J connectivity index is 2.02. The molecule has 0 atom stereocenters. The van der Waals surface area contributed by atoms with Crippen LogP contribution in [-0.2, 0) is 0 Å². The molecule has 0 aliphatic heterocycles. The van der Waals surface area contributed by atoms with Crippen molar-refractivity contribution in [1.82, 2.24) is 9.78 Å². The first-order valence-electron chi connectivity index (χ1n) is 6.28. The second-order valence-corrected chi connectivity index (χ2v) is 4.98. The summed E-state index contributed by atoms with van der Waals surface area (Å²) in [5.74, 6) is -1.01. The second kappa shape index (κ2) is 5.42. The highest BCUT2D eigenvalue weighted by Crippen LogP contribution is 2.25. The monoisotopic (exact) mass is 298 g/mol. The number of hydrogen-bond donors (Lipinski definition) is 1. The molecular weight excluding hydrogens is 288 g/mol. The Bertz CT molecular complexity index is 797. The Hall–Kier alpha value is -2.59. The first-order valence-corrected chi connectivity index (χ1v) is 6.65. The molecule has 0 aliphatic rings. The Kier molecular flexibility index (Phi) is 3.46. The van der Waals surface area contributed by atoms with Gasteiger partial charge in [-0.25, -0.2) is 9.48 Å². The van der Waals surface area contributed by atoms with E-state index in [1.54, 1.807) is 23.0 Å². The Morgan fingerprint density at radius 3 is 2.57 bits per heavy atom. The van der Waals surface area contributed by atoms with E-state index in [0.29, 0.717) is 5.02 Å². The molecule has 0 spiro atoms. The smallest absolute Gasteiger partial charge is 0.335 e. The fraction of sp³-hybridized carbons (Fsp3) is 0. The second-order valence-electron chi connectivity index (χ2n) is 4.54. The highest BCUT2D eigenvalue weighted by molar-refractivity contribution is 6.31. The number of halogens is 1. The number of aromatic nitrogens is 2. The Labute approximate surface area is 126 Å². The number of nitrogens with zero attached hydrogens (tertiary/aromatic N) is 2. The van der Waals surface area contributed by atoms with Gasteiger partial charge in [0.05, 0.1) is 17.4 Å². The standard InChI is InChI=1S/C16H11ClN2O2/c17-14-7-11(6-12(8-14)16(20)21)13-9-18-19(10-13)15-4-2-1-3-5-15/h1-10H,(H,20,21). The maximum absolute atomic E-state index is 11.1. The van der Waals surface area contributed by atoms with Crippen LogP contribution in [0.4, 0.5) is 0 Å². The summed E-state index contributed by atoms with van der Waals surface area (Å²) in [5, 5.41) is 13.8. The molecule has 0 radical (unpaired) electrons. The highest BCUT2D eigenvalue weighted by Gasteiger charge is 2.09. The van der Waals surface area contributed by atoms with Gasteiger partial charge in [-0.05, 0) is 35.9 Å². The van der Waals surface area contributed by atoms with E-state index in [2.05, 4.69) is 5.10 Å². The molecule has 0 saturated heterocycles. The van der Waals surface area contributed by atoms with Gasteiger partial charge in [0.2, 0.25) is 0 Å². The van der Waals surface area contributed by atoms with Gasteiger partial charge in [-0.2, -0.15) is 5.10 Å². The molecule has 4 nitrogen and oxygen atoms in total. The lowest BCUT2D eigenvalue weighted by Crippen LogP contribution is -1.96. The highest BCUT2D eigenvalue weighted by atomic mass is 35.5. The van der Waals surface area contributed by atoms with Gasteiger partial charge in [0.15, 0.2) is 0 Å². The minimum Gasteiger partial charge on any atom is -0.478 e. The summed E-state index contributed by atoms with van der Waals surface area (Å²) in [6.45, 7) is 0. The van der Waals surface area contributed by atoms with Crippen LogP contribution in [0.2, 0.25) is 5.02 Å². The Morgan fingerprint density at radius 2 is 1.86 bits per heavy atom. The fourth-order valence-corrected chi connectivity index (χ4v) is 2.31. The van der Waals surface area contributed by atoms with Gasteiger partial charge in [-0.3, -0.25) is 0 Å². The van der Waals surface area contributed by atoms with Gasteiger partial charge in [-0.1, -0.05) is 29.8 Å². The molecule has 5 heteroatoms. The number of hydrogen-bond acceptors (Lipinski definition) is 2. The molecule has 1 N–H and O–H groups in total. The molecule has 0 amide bonds. The summed E-state index contributed by atoms with van der Waals surface area (Å²) < 4.78 is 1.73. The van der Waals surface area contributed by atoms with E-state index in [1.165, 1.54) is 6.07 Å². The minimum atomic E-state index is -1.01. The summed E-state index contributed by atoms with van der Waals surface area (Å²) in [6.07, 6.45) is 3.52. The SMILES string of the molecule is O=C(O)c1cc(Cl)cc(-c2cnn(-c3ccccc3)c2)c1. The van der Waals surface area contributed by atoms with E-state index in [9.17, 15) is 4.79 Å². The van der Waals surface area contributed by atoms with Crippen molar-refractivity contribution in [2.45, 2.75) is 0 Å². The quantitative estimate of drug-likeness (QED) is 0.798. The Morgan fingerprint density at radius 1 is 1.10 bits per heavy atom. The molecule has 0 saturated carbocycles. The van der Waals surface area contributed by atoms with Crippen LogP contribution in [0.3, 0.4) is 0 Å². The largest absolute Gasteiger partial charge is 0.478 e. The van der Waals surface area contributed by atoms with Gasteiger partial charge in [0.1, 0.15) is 0 Å². The van der Waals surface area contributed by atoms with E-state index in [-0.39, 0.29) is 5.56 Å². The first kappa shape index (κ1) is 13.4. The van der Waals surface area contributed by atoms with E-state index in [1.807, 2.05) is 36.5 Å². The van der Waals surface area contributed by atoms with Crippen molar-refractivity contribution in [2.24, 2.45) is 0 Å². The summed E-state index contributed by atoms with van der Waals surface area (Å²) in [4.78, 5) is 11.1. The third kappa shape index (κ3) is 2.80. The lowest BCUT2D eigenvalue weighted by molar-refractivity contribution is 0.0697. The lowest BCUT2D eigenvalue weighted by atomic mass is 10.1. The van der Waals surface area contributed by atoms with Crippen LogP contribution in [-0.4, -0.2) is 20.9 Å². The molecule has 0 fully saturated rings. The zero-order valence-corrected chi connectivity index (χ0v) is 11.7. The molecule has 0 unspecified atom stereocenters. The van der Waals surface area contributed by atoms with Crippen LogP contribution in [0.1, 0.15) is 10.4 Å². The molecule has 0 aliphatic carbocycles. The lowest BCUT2D eigenvalue weighted by Gasteiger charge is -2.02. The molecule has 1 aromatic heterocycles. The molecule has 0 bridgehead atoms. The zero-order chi connectivity index (χ0) is 14.8. The van der Waals surface area contributed by atoms with E-state index in [4.69, 9.17) is 16.7 Å². The number of benzene rings is 2. The molecule has 3 rings (SSSR count). The van der Waals surface area contributed by atoms with Crippen LogP contribution in [0.25, 0.3) is 16.8 Å². The summed E-state index contributed by atoms with van der Waals surface area (Å²) >= 11 is 5.98. The average molecular weight is 299 g/mol. The van der Waals surface area contributed by atoms with Crippen molar-refractivity contribution < 1.29 is 9.90 Å². The minimum absolute atomic E-state index is 0.157. The van der Waals surface area contributed by atoms with Crippen molar-refractivity contribution >= 4 is 17.6 Å². The molecule has 104 valence electrons. The van der Waals surface area contributed by atoms with Crippen molar-refractivity contribution in [2.75, 3.05) is 0 Å². The number of carboxylic acids is 1. The third-order valence-electron chi connectivity index (χ3n) is 3.08. The molecule has 3 aromatic rings. The van der Waals surface area contributed by atoms with Gasteiger partial charge < -0.3 is 5.11 Å². The fourth-order valence-electron chi connectivity index (χ4n) is 2.07. The average Bonchev–Trinajstić information content (AvgIpc) is 2.97. The van der Waals surface area contributed by atoms with Gasteiger partial charge in [-0.15, -0.1) is 0 Å². The van der Waals surface area contributed by atoms with E-state index < -0.39 is 5.97 Å². The van der Waals surface area contributed by atoms with Crippen molar-refractivity contribution in [3.8, 4) is 16.8 Å². The predicted octanol–water partition coefficient (Wildman–Crippen LogP) is 3.89. The zero-order valence-electron chi connectivity index (χ0n) is 10.9. The van der Waals surface area contributed by atoms with Crippen molar-refractivity contribution in [3.63, 3.8) is 0 Å². The van der Waals surface area contributed by atoms with Crippen molar-refractivity contribution in [1.29, 1.82) is 0 Å². The van der Waals surface area contributed by atoms with E-state index in [0.717, 1.165) is 16.8 Å². The van der Waals surface area contributed by atoms with Crippen LogP contribution in [0.15, 0.2) is 60.9 Å². The van der Waals surface area contributed by atoms with Gasteiger partial charge in [0.25, 0.3) is 0 Å². The normalized spacial score (nSPS) is 10.5. The van der Waals surface area contributed by atoms with Crippen molar-refractivity contribution in [3.05, 3.63) is 71.5 Å². The number of carboxylic acid groups (broad SMARTS) is 1. The summed E-state index contributed by atoms with van der Waals surface area (Å²) in [6, 6.07) is 14.4. The number of carbonyl (C=O) groups is 1. The predicted molar refractivity (Wildman–Crippen MR) is 81.0 cm³/mol. The summed E-state index contributed by atoms with van der Waals surface area (Å²) in [5.41, 5.74) is 2.63. The van der Waals surface area contributed by atoms with Gasteiger partial charge >= 0.3 is 5.97 Å².